The minimum atomic E-state index is -0.192. The van der Waals surface area contributed by atoms with E-state index in [4.69, 9.17) is 9.47 Å². The van der Waals surface area contributed by atoms with Crippen LogP contribution in [0.15, 0.2) is 53.3 Å². The summed E-state index contributed by atoms with van der Waals surface area (Å²) in [7, 11) is 1.57. The number of fused-ring (bicyclic) bond motifs is 1. The maximum absolute atomic E-state index is 12.6. The number of pyridine rings is 1. The van der Waals surface area contributed by atoms with E-state index in [1.807, 2.05) is 50.2 Å². The van der Waals surface area contributed by atoms with Gasteiger partial charge in [0.15, 0.2) is 0 Å². The van der Waals surface area contributed by atoms with Crippen LogP contribution in [0.4, 0.5) is 5.69 Å². The molecule has 146 valence electrons. The van der Waals surface area contributed by atoms with Gasteiger partial charge in [-0.25, -0.2) is 0 Å². The van der Waals surface area contributed by atoms with E-state index in [9.17, 15) is 9.59 Å². The number of carbonyl (C=O) groups is 1. The molecular weight excluding hydrogens is 356 g/mol. The Bertz CT molecular complexity index is 1060. The zero-order valence-corrected chi connectivity index (χ0v) is 16.3. The lowest BCUT2D eigenvalue weighted by atomic mass is 10.1. The molecular formula is C22H24N2O4. The lowest BCUT2D eigenvalue weighted by molar-refractivity contribution is -0.116. The first-order valence-electron chi connectivity index (χ1n) is 9.24. The Morgan fingerprint density at radius 3 is 2.61 bits per heavy atom. The van der Waals surface area contributed by atoms with Crippen LogP contribution in [-0.2, 0) is 11.3 Å². The van der Waals surface area contributed by atoms with Gasteiger partial charge in [-0.15, -0.1) is 0 Å². The Kier molecular flexibility index (Phi) is 5.99. The summed E-state index contributed by atoms with van der Waals surface area (Å²) in [6.07, 6.45) is 0.149. The first kappa shape index (κ1) is 19.5. The highest BCUT2D eigenvalue weighted by Gasteiger charge is 2.13. The summed E-state index contributed by atoms with van der Waals surface area (Å²) in [6.45, 7) is 4.54. The van der Waals surface area contributed by atoms with Gasteiger partial charge in [0.1, 0.15) is 11.5 Å². The number of rotatable bonds is 7. The van der Waals surface area contributed by atoms with Gasteiger partial charge in [0.25, 0.3) is 5.56 Å². The zero-order chi connectivity index (χ0) is 20.1. The molecule has 0 unspecified atom stereocenters. The van der Waals surface area contributed by atoms with Crippen LogP contribution < -0.4 is 20.3 Å². The number of anilines is 1. The van der Waals surface area contributed by atoms with Crippen LogP contribution in [0.3, 0.4) is 0 Å². The van der Waals surface area contributed by atoms with Gasteiger partial charge in [-0.2, -0.15) is 0 Å². The number of methoxy groups -OCH3 is 1. The van der Waals surface area contributed by atoms with Crippen molar-refractivity contribution in [2.45, 2.75) is 26.8 Å². The van der Waals surface area contributed by atoms with Crippen LogP contribution in [0.25, 0.3) is 10.9 Å². The van der Waals surface area contributed by atoms with Crippen molar-refractivity contribution < 1.29 is 14.3 Å². The van der Waals surface area contributed by atoms with Gasteiger partial charge in [-0.3, -0.25) is 9.59 Å². The van der Waals surface area contributed by atoms with E-state index in [2.05, 4.69) is 5.32 Å². The molecule has 0 bridgehead atoms. The predicted octanol–water partition coefficient (Wildman–Crippen LogP) is 3.75. The maximum Gasteiger partial charge on any atom is 0.251 e. The van der Waals surface area contributed by atoms with E-state index in [1.165, 1.54) is 0 Å². The van der Waals surface area contributed by atoms with Crippen molar-refractivity contribution >= 4 is 22.5 Å². The van der Waals surface area contributed by atoms with E-state index < -0.39 is 0 Å². The Morgan fingerprint density at radius 2 is 1.86 bits per heavy atom. The number of aromatic nitrogens is 1. The van der Waals surface area contributed by atoms with Crippen LogP contribution in [-0.4, -0.2) is 24.2 Å². The summed E-state index contributed by atoms with van der Waals surface area (Å²) in [4.78, 5) is 25.1. The van der Waals surface area contributed by atoms with Crippen LogP contribution in [0, 0.1) is 6.92 Å². The van der Waals surface area contributed by atoms with Crippen molar-refractivity contribution in [3.8, 4) is 11.5 Å². The van der Waals surface area contributed by atoms with Crippen molar-refractivity contribution in [3.05, 3.63) is 64.4 Å². The number of carbonyl (C=O) groups excluding carboxylic acids is 1. The summed E-state index contributed by atoms with van der Waals surface area (Å²) < 4.78 is 12.6. The SMILES string of the molecule is CCOc1ccccc1NC(=O)CCn1c(=O)cc(C)c2cccc(OC)c21. The third kappa shape index (κ3) is 4.01. The van der Waals surface area contributed by atoms with E-state index >= 15 is 0 Å². The quantitative estimate of drug-likeness (QED) is 0.678. The third-order valence-corrected chi connectivity index (χ3v) is 4.54. The lowest BCUT2D eigenvalue weighted by Crippen LogP contribution is -2.24. The summed E-state index contributed by atoms with van der Waals surface area (Å²) in [5, 5.41) is 3.79. The summed E-state index contributed by atoms with van der Waals surface area (Å²) in [6, 6.07) is 14.5. The first-order valence-corrected chi connectivity index (χ1v) is 9.24. The molecule has 3 aromatic rings. The highest BCUT2D eigenvalue weighted by Crippen LogP contribution is 2.27. The molecule has 1 amide bonds. The minimum Gasteiger partial charge on any atom is -0.495 e. The molecule has 28 heavy (non-hydrogen) atoms. The zero-order valence-electron chi connectivity index (χ0n) is 16.3. The number of para-hydroxylation sites is 3. The monoisotopic (exact) mass is 380 g/mol. The molecule has 6 nitrogen and oxygen atoms in total. The Morgan fingerprint density at radius 1 is 1.11 bits per heavy atom. The molecule has 0 aliphatic carbocycles. The van der Waals surface area contributed by atoms with Gasteiger partial charge in [0.2, 0.25) is 5.91 Å². The Hall–Kier alpha value is -3.28. The Labute approximate surface area is 163 Å². The summed E-state index contributed by atoms with van der Waals surface area (Å²) in [5.74, 6) is 1.04. The van der Waals surface area contributed by atoms with Crippen LogP contribution in [0.5, 0.6) is 11.5 Å². The number of hydrogen-bond acceptors (Lipinski definition) is 4. The second kappa shape index (κ2) is 8.61. The molecule has 0 spiro atoms. The van der Waals surface area contributed by atoms with Crippen LogP contribution >= 0.6 is 0 Å². The van der Waals surface area contributed by atoms with Crippen molar-refractivity contribution in [3.63, 3.8) is 0 Å². The van der Waals surface area contributed by atoms with Crippen molar-refractivity contribution in [1.29, 1.82) is 0 Å². The lowest BCUT2D eigenvalue weighted by Gasteiger charge is -2.15. The van der Waals surface area contributed by atoms with E-state index in [0.29, 0.717) is 29.3 Å². The molecule has 3 rings (SSSR count). The van der Waals surface area contributed by atoms with E-state index in [1.54, 1.807) is 23.8 Å². The average molecular weight is 380 g/mol. The molecule has 0 saturated heterocycles. The molecule has 0 fully saturated rings. The normalized spacial score (nSPS) is 10.7. The summed E-state index contributed by atoms with van der Waals surface area (Å²) >= 11 is 0. The number of nitrogens with zero attached hydrogens (tertiary/aromatic N) is 1. The second-order valence-electron chi connectivity index (χ2n) is 6.40. The van der Waals surface area contributed by atoms with Gasteiger partial charge >= 0.3 is 0 Å². The largest absolute Gasteiger partial charge is 0.495 e. The fourth-order valence-electron chi connectivity index (χ4n) is 3.23. The summed E-state index contributed by atoms with van der Waals surface area (Å²) in [5.41, 5.74) is 2.05. The molecule has 1 aromatic heterocycles. The fraction of sp³-hybridized carbons (Fsp3) is 0.273. The molecule has 1 N–H and O–H groups in total. The second-order valence-corrected chi connectivity index (χ2v) is 6.40. The highest BCUT2D eigenvalue weighted by atomic mass is 16.5. The Balaban J connectivity index is 1.84. The van der Waals surface area contributed by atoms with Gasteiger partial charge in [-0.05, 0) is 37.6 Å². The van der Waals surface area contributed by atoms with Gasteiger partial charge in [0, 0.05) is 24.4 Å². The first-order chi connectivity index (χ1) is 13.5. The van der Waals surface area contributed by atoms with Gasteiger partial charge < -0.3 is 19.4 Å². The van der Waals surface area contributed by atoms with Gasteiger partial charge in [0.05, 0.1) is 24.9 Å². The molecule has 1 heterocycles. The smallest absolute Gasteiger partial charge is 0.251 e. The van der Waals surface area contributed by atoms with E-state index in [-0.39, 0.29) is 24.4 Å². The fourth-order valence-corrected chi connectivity index (χ4v) is 3.23. The predicted molar refractivity (Wildman–Crippen MR) is 110 cm³/mol. The van der Waals surface area contributed by atoms with Crippen molar-refractivity contribution in [2.24, 2.45) is 0 Å². The molecule has 0 aliphatic heterocycles. The number of aryl methyl sites for hydroxylation is 2. The van der Waals surface area contributed by atoms with Crippen LogP contribution in [0.1, 0.15) is 18.9 Å². The number of nitrogens with one attached hydrogen (secondary N) is 1. The topological polar surface area (TPSA) is 69.6 Å². The van der Waals surface area contributed by atoms with Crippen LogP contribution in [0.2, 0.25) is 0 Å². The molecule has 6 heteroatoms. The molecule has 0 radical (unpaired) electrons. The molecule has 0 saturated carbocycles. The highest BCUT2D eigenvalue weighted by molar-refractivity contribution is 5.92. The maximum atomic E-state index is 12.6. The molecule has 0 aliphatic rings. The standard InChI is InChI=1S/C22H24N2O4/c1-4-28-18-10-6-5-9-17(18)23-20(25)12-13-24-21(26)14-15(2)16-8-7-11-19(27-3)22(16)24/h5-11,14H,4,12-13H2,1-3H3,(H,23,25). The molecule has 2 aromatic carbocycles. The number of amides is 1. The molecule has 0 atom stereocenters. The third-order valence-electron chi connectivity index (χ3n) is 4.54. The minimum absolute atomic E-state index is 0.149. The van der Waals surface area contributed by atoms with Crippen molar-refractivity contribution in [1.82, 2.24) is 4.57 Å². The average Bonchev–Trinajstić information content (AvgIpc) is 2.69. The van der Waals surface area contributed by atoms with E-state index in [0.717, 1.165) is 10.9 Å². The number of benzene rings is 2. The van der Waals surface area contributed by atoms with Gasteiger partial charge in [-0.1, -0.05) is 24.3 Å². The number of ether oxygens (including phenoxy) is 2. The van der Waals surface area contributed by atoms with Crippen molar-refractivity contribution in [2.75, 3.05) is 19.0 Å². The number of hydrogen-bond donors (Lipinski definition) is 1.